The van der Waals surface area contributed by atoms with E-state index < -0.39 is 0 Å². The number of nitrogens with zero attached hydrogens (tertiary/aromatic N) is 3. The summed E-state index contributed by atoms with van der Waals surface area (Å²) in [5.41, 5.74) is 0. The third-order valence-electron chi connectivity index (χ3n) is 3.39. The molecule has 18 heavy (non-hydrogen) atoms. The number of piperidine rings is 1. The zero-order valence-electron chi connectivity index (χ0n) is 11.0. The number of aromatic nitrogens is 3. The van der Waals surface area contributed by atoms with Gasteiger partial charge in [-0.2, -0.15) is 0 Å². The average molecular weight is 251 g/mol. The van der Waals surface area contributed by atoms with E-state index in [1.165, 1.54) is 0 Å². The van der Waals surface area contributed by atoms with Gasteiger partial charge in [-0.25, -0.2) is 0 Å². The molecule has 100 valence electrons. The number of carbonyl (C=O) groups excluding carboxylic acids is 1. The molecule has 0 aromatic carbocycles. The van der Waals surface area contributed by atoms with E-state index in [9.17, 15) is 4.79 Å². The maximum absolute atomic E-state index is 11.9. The molecule has 2 rings (SSSR count). The van der Waals surface area contributed by atoms with Crippen LogP contribution in [0.5, 0.6) is 0 Å². The summed E-state index contributed by atoms with van der Waals surface area (Å²) in [6.45, 7) is 2.73. The second-order valence-electron chi connectivity index (χ2n) is 4.95. The van der Waals surface area contributed by atoms with E-state index in [1.54, 1.807) is 6.33 Å². The smallest absolute Gasteiger partial charge is 0.237 e. The minimum Gasteiger partial charge on any atom is -0.354 e. The van der Waals surface area contributed by atoms with Crippen molar-refractivity contribution in [1.29, 1.82) is 0 Å². The van der Waals surface area contributed by atoms with Crippen LogP contribution in [0.1, 0.15) is 32.0 Å². The van der Waals surface area contributed by atoms with Crippen LogP contribution in [-0.2, 0) is 18.3 Å². The highest BCUT2D eigenvalue weighted by molar-refractivity contribution is 5.81. The number of rotatable bonds is 4. The number of carbonyl (C=O) groups is 1. The lowest BCUT2D eigenvalue weighted by Crippen LogP contribution is -2.50. The molecule has 1 aliphatic rings. The Balaban J connectivity index is 1.73. The molecule has 0 saturated carbocycles. The quantitative estimate of drug-likeness (QED) is 0.790. The molecule has 0 spiro atoms. The molecule has 1 aromatic rings. The van der Waals surface area contributed by atoms with Gasteiger partial charge in [-0.05, 0) is 26.2 Å². The van der Waals surface area contributed by atoms with E-state index in [-0.39, 0.29) is 11.9 Å². The molecule has 6 heteroatoms. The fraction of sp³-hybridized carbons (Fsp3) is 0.750. The summed E-state index contributed by atoms with van der Waals surface area (Å²) in [6, 6.07) is 0.404. The summed E-state index contributed by atoms with van der Waals surface area (Å²) in [7, 11) is 1.90. The molecular formula is C12H21N5O. The Labute approximate surface area is 107 Å². The zero-order valence-corrected chi connectivity index (χ0v) is 11.0. The highest BCUT2D eigenvalue weighted by Crippen LogP contribution is 2.12. The van der Waals surface area contributed by atoms with Crippen molar-refractivity contribution in [1.82, 2.24) is 25.4 Å². The topological polar surface area (TPSA) is 71.8 Å². The van der Waals surface area contributed by atoms with Crippen LogP contribution in [0.15, 0.2) is 6.33 Å². The fourth-order valence-corrected chi connectivity index (χ4v) is 2.30. The molecule has 2 N–H and O–H groups in total. The van der Waals surface area contributed by atoms with Crippen molar-refractivity contribution in [2.45, 2.75) is 44.7 Å². The van der Waals surface area contributed by atoms with E-state index in [0.29, 0.717) is 19.0 Å². The van der Waals surface area contributed by atoms with Crippen molar-refractivity contribution >= 4 is 5.91 Å². The first kappa shape index (κ1) is 13.0. The Hall–Kier alpha value is -1.43. The Bertz CT molecular complexity index is 403. The molecule has 0 radical (unpaired) electrons. The SMILES string of the molecule is CC1CCCC(C(=O)NCCc2nncn2C)N1. The summed E-state index contributed by atoms with van der Waals surface area (Å²) >= 11 is 0. The van der Waals surface area contributed by atoms with Crippen LogP contribution in [-0.4, -0.2) is 39.3 Å². The van der Waals surface area contributed by atoms with Crippen molar-refractivity contribution in [2.24, 2.45) is 7.05 Å². The molecular weight excluding hydrogens is 230 g/mol. The highest BCUT2D eigenvalue weighted by Gasteiger charge is 2.23. The van der Waals surface area contributed by atoms with Gasteiger partial charge in [0.05, 0.1) is 6.04 Å². The van der Waals surface area contributed by atoms with Crippen LogP contribution in [0.3, 0.4) is 0 Å². The van der Waals surface area contributed by atoms with Gasteiger partial charge < -0.3 is 15.2 Å². The molecule has 2 unspecified atom stereocenters. The van der Waals surface area contributed by atoms with Crippen molar-refractivity contribution < 1.29 is 4.79 Å². The predicted molar refractivity (Wildman–Crippen MR) is 68.0 cm³/mol. The van der Waals surface area contributed by atoms with E-state index in [1.807, 2.05) is 11.6 Å². The molecule has 1 aromatic heterocycles. The van der Waals surface area contributed by atoms with Gasteiger partial charge in [-0.15, -0.1) is 10.2 Å². The summed E-state index contributed by atoms with van der Waals surface area (Å²) in [6.07, 6.45) is 5.59. The molecule has 1 amide bonds. The van der Waals surface area contributed by atoms with Crippen molar-refractivity contribution in [3.63, 3.8) is 0 Å². The lowest BCUT2D eigenvalue weighted by atomic mass is 9.99. The van der Waals surface area contributed by atoms with Crippen molar-refractivity contribution in [2.75, 3.05) is 6.54 Å². The Morgan fingerprint density at radius 1 is 1.61 bits per heavy atom. The largest absolute Gasteiger partial charge is 0.354 e. The van der Waals surface area contributed by atoms with Gasteiger partial charge >= 0.3 is 0 Å². The van der Waals surface area contributed by atoms with Crippen LogP contribution < -0.4 is 10.6 Å². The fourth-order valence-electron chi connectivity index (χ4n) is 2.30. The summed E-state index contributed by atoms with van der Waals surface area (Å²) in [4.78, 5) is 11.9. The van der Waals surface area contributed by atoms with Crippen molar-refractivity contribution in [3.05, 3.63) is 12.2 Å². The second kappa shape index (κ2) is 5.95. The van der Waals surface area contributed by atoms with E-state index in [2.05, 4.69) is 27.8 Å². The van der Waals surface area contributed by atoms with Crippen LogP contribution >= 0.6 is 0 Å². The lowest BCUT2D eigenvalue weighted by Gasteiger charge is -2.27. The minimum absolute atomic E-state index is 0.0340. The zero-order chi connectivity index (χ0) is 13.0. The van der Waals surface area contributed by atoms with Crippen LogP contribution in [0.4, 0.5) is 0 Å². The first-order chi connectivity index (χ1) is 8.66. The lowest BCUT2D eigenvalue weighted by molar-refractivity contribution is -0.123. The normalized spacial score (nSPS) is 23.9. The van der Waals surface area contributed by atoms with Crippen LogP contribution in [0.25, 0.3) is 0 Å². The Morgan fingerprint density at radius 2 is 2.44 bits per heavy atom. The summed E-state index contributed by atoms with van der Waals surface area (Å²) < 4.78 is 1.87. The van der Waals surface area contributed by atoms with Crippen LogP contribution in [0.2, 0.25) is 0 Å². The Morgan fingerprint density at radius 3 is 3.11 bits per heavy atom. The number of amides is 1. The van der Waals surface area contributed by atoms with Gasteiger partial charge in [0.25, 0.3) is 0 Å². The predicted octanol–water partition coefficient (Wildman–Crippen LogP) is 0.00440. The molecule has 1 fully saturated rings. The standard InChI is InChI=1S/C12H21N5O/c1-9-4-3-5-10(15-9)12(18)13-7-6-11-16-14-8-17(11)2/h8-10,15H,3-7H2,1-2H3,(H,13,18). The van der Waals surface area contributed by atoms with Gasteiger partial charge in [-0.1, -0.05) is 0 Å². The van der Waals surface area contributed by atoms with Gasteiger partial charge in [0.1, 0.15) is 12.2 Å². The Kier molecular flexibility index (Phi) is 4.30. The maximum Gasteiger partial charge on any atom is 0.237 e. The summed E-state index contributed by atoms with van der Waals surface area (Å²) in [5, 5.41) is 14.1. The molecule has 2 heterocycles. The first-order valence-corrected chi connectivity index (χ1v) is 6.53. The second-order valence-corrected chi connectivity index (χ2v) is 4.95. The van der Waals surface area contributed by atoms with Gasteiger partial charge in [0.15, 0.2) is 0 Å². The monoisotopic (exact) mass is 251 g/mol. The maximum atomic E-state index is 11.9. The minimum atomic E-state index is -0.0340. The van der Waals surface area contributed by atoms with Gasteiger partial charge in [0.2, 0.25) is 5.91 Å². The summed E-state index contributed by atoms with van der Waals surface area (Å²) in [5.74, 6) is 0.990. The third kappa shape index (κ3) is 3.29. The van der Waals surface area contributed by atoms with Crippen LogP contribution in [0, 0.1) is 0 Å². The first-order valence-electron chi connectivity index (χ1n) is 6.53. The van der Waals surface area contributed by atoms with Gasteiger partial charge in [-0.3, -0.25) is 4.79 Å². The van der Waals surface area contributed by atoms with Gasteiger partial charge in [0, 0.05) is 26.1 Å². The molecule has 6 nitrogen and oxygen atoms in total. The van der Waals surface area contributed by atoms with E-state index >= 15 is 0 Å². The molecule has 1 aliphatic heterocycles. The van der Waals surface area contributed by atoms with Crippen molar-refractivity contribution in [3.8, 4) is 0 Å². The molecule has 0 aliphatic carbocycles. The van der Waals surface area contributed by atoms with E-state index in [4.69, 9.17) is 0 Å². The number of hydrogen-bond acceptors (Lipinski definition) is 4. The average Bonchev–Trinajstić information content (AvgIpc) is 2.75. The third-order valence-corrected chi connectivity index (χ3v) is 3.39. The number of hydrogen-bond donors (Lipinski definition) is 2. The highest BCUT2D eigenvalue weighted by atomic mass is 16.2. The molecule has 1 saturated heterocycles. The molecule has 0 bridgehead atoms. The van der Waals surface area contributed by atoms with E-state index in [0.717, 1.165) is 25.1 Å². The number of aryl methyl sites for hydroxylation is 1. The number of nitrogens with one attached hydrogen (secondary N) is 2. The molecule has 2 atom stereocenters.